The van der Waals surface area contributed by atoms with E-state index in [2.05, 4.69) is 25.3 Å². The third kappa shape index (κ3) is 4.88. The molecule has 7 heteroatoms. The summed E-state index contributed by atoms with van der Waals surface area (Å²) >= 11 is 0. The van der Waals surface area contributed by atoms with Crippen molar-refractivity contribution in [3.05, 3.63) is 83.9 Å². The number of nitrogens with one attached hydrogen (secondary N) is 2. The highest BCUT2D eigenvalue weighted by Gasteiger charge is 2.08. The van der Waals surface area contributed by atoms with Gasteiger partial charge in [-0.2, -0.15) is 0 Å². The number of hydrogen-bond acceptors (Lipinski definition) is 6. The third-order valence-electron chi connectivity index (χ3n) is 3.75. The van der Waals surface area contributed by atoms with Gasteiger partial charge in [0.05, 0.1) is 36.8 Å². The van der Waals surface area contributed by atoms with Gasteiger partial charge in [-0.15, -0.1) is 0 Å². The fraction of sp³-hybridized carbons (Fsp3) is 0.100. The van der Waals surface area contributed by atoms with Crippen LogP contribution in [0.1, 0.15) is 26.5 Å². The minimum atomic E-state index is -0.385. The van der Waals surface area contributed by atoms with Crippen LogP contribution in [-0.2, 0) is 11.3 Å². The van der Waals surface area contributed by atoms with Crippen LogP contribution >= 0.6 is 0 Å². The van der Waals surface area contributed by atoms with Crippen LogP contribution in [0, 0.1) is 0 Å². The van der Waals surface area contributed by atoms with Gasteiger partial charge < -0.3 is 15.4 Å². The SMILES string of the molecule is COC(=O)c1ccc(Nc2ccc(C(=O)NCc3ccccn3)nc2)cc1. The number of ether oxygens (including phenoxy) is 1. The lowest BCUT2D eigenvalue weighted by Crippen LogP contribution is -2.24. The van der Waals surface area contributed by atoms with Crippen molar-refractivity contribution in [1.29, 1.82) is 0 Å². The summed E-state index contributed by atoms with van der Waals surface area (Å²) in [6, 6.07) is 15.8. The van der Waals surface area contributed by atoms with Gasteiger partial charge in [-0.05, 0) is 48.5 Å². The standard InChI is InChI=1S/C20H18N4O3/c1-27-20(26)14-5-7-15(8-6-14)24-17-9-10-18(22-13-17)19(25)23-12-16-4-2-3-11-21-16/h2-11,13,24H,12H2,1H3,(H,23,25). The molecule has 2 aromatic heterocycles. The van der Waals surface area contributed by atoms with E-state index in [9.17, 15) is 9.59 Å². The Kier molecular flexibility index (Phi) is 5.73. The van der Waals surface area contributed by atoms with E-state index in [1.54, 1.807) is 48.8 Å². The van der Waals surface area contributed by atoms with Crippen molar-refractivity contribution in [2.75, 3.05) is 12.4 Å². The first kappa shape index (κ1) is 18.1. The molecule has 0 aliphatic rings. The predicted molar refractivity (Wildman–Crippen MR) is 101 cm³/mol. The maximum atomic E-state index is 12.2. The monoisotopic (exact) mass is 362 g/mol. The minimum Gasteiger partial charge on any atom is -0.465 e. The van der Waals surface area contributed by atoms with Crippen molar-refractivity contribution in [3.63, 3.8) is 0 Å². The molecule has 0 unspecified atom stereocenters. The molecule has 0 aliphatic heterocycles. The van der Waals surface area contributed by atoms with E-state index in [0.717, 1.165) is 17.1 Å². The Morgan fingerprint density at radius 1 is 0.963 bits per heavy atom. The van der Waals surface area contributed by atoms with Crippen molar-refractivity contribution in [3.8, 4) is 0 Å². The number of carbonyl (C=O) groups is 2. The molecule has 0 radical (unpaired) electrons. The molecule has 3 rings (SSSR count). The number of anilines is 2. The van der Waals surface area contributed by atoms with Crippen LogP contribution in [0.15, 0.2) is 67.0 Å². The Hall–Kier alpha value is -3.74. The molecule has 0 spiro atoms. The Balaban J connectivity index is 1.58. The van der Waals surface area contributed by atoms with Gasteiger partial charge in [-0.3, -0.25) is 9.78 Å². The molecule has 2 heterocycles. The Bertz CT molecular complexity index is 910. The number of amides is 1. The van der Waals surface area contributed by atoms with Gasteiger partial charge in [0.1, 0.15) is 5.69 Å². The van der Waals surface area contributed by atoms with E-state index in [4.69, 9.17) is 0 Å². The van der Waals surface area contributed by atoms with E-state index < -0.39 is 0 Å². The molecule has 1 aromatic carbocycles. The quantitative estimate of drug-likeness (QED) is 0.655. The summed E-state index contributed by atoms with van der Waals surface area (Å²) in [7, 11) is 1.34. The second kappa shape index (κ2) is 8.57. The van der Waals surface area contributed by atoms with E-state index in [1.807, 2.05) is 18.2 Å². The zero-order chi connectivity index (χ0) is 19.1. The molecule has 1 amide bonds. The van der Waals surface area contributed by atoms with Crippen molar-refractivity contribution >= 4 is 23.3 Å². The first-order chi connectivity index (χ1) is 13.2. The molecule has 27 heavy (non-hydrogen) atoms. The average molecular weight is 362 g/mol. The first-order valence-electron chi connectivity index (χ1n) is 8.25. The number of pyridine rings is 2. The Labute approximate surface area is 156 Å². The highest BCUT2D eigenvalue weighted by atomic mass is 16.5. The molecule has 136 valence electrons. The summed E-state index contributed by atoms with van der Waals surface area (Å²) in [5.41, 5.74) is 3.08. The highest BCUT2D eigenvalue weighted by Crippen LogP contribution is 2.17. The van der Waals surface area contributed by atoms with Gasteiger partial charge in [0.25, 0.3) is 5.91 Å². The summed E-state index contributed by atoms with van der Waals surface area (Å²) in [5.74, 6) is -0.654. The molecular formula is C20H18N4O3. The number of rotatable bonds is 6. The molecule has 7 nitrogen and oxygen atoms in total. The van der Waals surface area contributed by atoms with E-state index in [-0.39, 0.29) is 11.9 Å². The zero-order valence-electron chi connectivity index (χ0n) is 14.7. The van der Waals surface area contributed by atoms with Gasteiger partial charge in [0.2, 0.25) is 0 Å². The molecule has 0 saturated carbocycles. The summed E-state index contributed by atoms with van der Waals surface area (Å²) in [5, 5.41) is 5.93. The number of carbonyl (C=O) groups excluding carboxylic acids is 2. The van der Waals surface area contributed by atoms with Gasteiger partial charge in [0.15, 0.2) is 0 Å². The normalized spacial score (nSPS) is 10.1. The van der Waals surface area contributed by atoms with Gasteiger partial charge in [0, 0.05) is 11.9 Å². The van der Waals surface area contributed by atoms with Crippen LogP contribution in [0.2, 0.25) is 0 Å². The van der Waals surface area contributed by atoms with Gasteiger partial charge in [-0.1, -0.05) is 6.07 Å². The largest absolute Gasteiger partial charge is 0.465 e. The molecule has 0 aliphatic carbocycles. The van der Waals surface area contributed by atoms with Crippen molar-refractivity contribution in [2.45, 2.75) is 6.54 Å². The Morgan fingerprint density at radius 2 is 1.74 bits per heavy atom. The third-order valence-corrected chi connectivity index (χ3v) is 3.75. The van der Waals surface area contributed by atoms with Gasteiger partial charge in [-0.25, -0.2) is 9.78 Å². The summed E-state index contributed by atoms with van der Waals surface area (Å²) in [6.07, 6.45) is 3.25. The van der Waals surface area contributed by atoms with Crippen LogP contribution in [-0.4, -0.2) is 29.0 Å². The minimum absolute atomic E-state index is 0.269. The Morgan fingerprint density at radius 3 is 2.37 bits per heavy atom. The van der Waals surface area contributed by atoms with E-state index in [1.165, 1.54) is 7.11 Å². The fourth-order valence-corrected chi connectivity index (χ4v) is 2.34. The maximum Gasteiger partial charge on any atom is 0.337 e. The second-order valence-corrected chi connectivity index (χ2v) is 5.63. The number of esters is 1. The number of methoxy groups -OCH3 is 1. The van der Waals surface area contributed by atoms with Crippen molar-refractivity contribution < 1.29 is 14.3 Å². The molecular weight excluding hydrogens is 344 g/mol. The van der Waals surface area contributed by atoms with E-state index in [0.29, 0.717) is 17.8 Å². The lowest BCUT2D eigenvalue weighted by molar-refractivity contribution is 0.0600. The first-order valence-corrected chi connectivity index (χ1v) is 8.25. The molecule has 0 bridgehead atoms. The topological polar surface area (TPSA) is 93.2 Å². The summed E-state index contributed by atoms with van der Waals surface area (Å²) in [4.78, 5) is 31.9. The molecule has 0 atom stereocenters. The molecule has 0 fully saturated rings. The molecule has 0 saturated heterocycles. The van der Waals surface area contributed by atoms with Crippen LogP contribution in [0.4, 0.5) is 11.4 Å². The van der Waals surface area contributed by atoms with Crippen molar-refractivity contribution in [2.24, 2.45) is 0 Å². The lowest BCUT2D eigenvalue weighted by Gasteiger charge is -2.08. The van der Waals surface area contributed by atoms with Crippen LogP contribution in [0.5, 0.6) is 0 Å². The molecule has 2 N–H and O–H groups in total. The average Bonchev–Trinajstić information content (AvgIpc) is 2.73. The molecule has 3 aromatic rings. The fourth-order valence-electron chi connectivity index (χ4n) is 2.34. The summed E-state index contributed by atoms with van der Waals surface area (Å²) in [6.45, 7) is 0.341. The number of aromatic nitrogens is 2. The van der Waals surface area contributed by atoms with E-state index >= 15 is 0 Å². The van der Waals surface area contributed by atoms with Crippen molar-refractivity contribution in [1.82, 2.24) is 15.3 Å². The smallest absolute Gasteiger partial charge is 0.337 e. The van der Waals surface area contributed by atoms with Crippen LogP contribution < -0.4 is 10.6 Å². The summed E-state index contributed by atoms with van der Waals surface area (Å²) < 4.78 is 4.67. The highest BCUT2D eigenvalue weighted by molar-refractivity contribution is 5.92. The number of benzene rings is 1. The number of nitrogens with zero attached hydrogens (tertiary/aromatic N) is 2. The predicted octanol–water partition coefficient (Wildman–Crippen LogP) is 2.94. The van der Waals surface area contributed by atoms with Crippen LogP contribution in [0.3, 0.4) is 0 Å². The van der Waals surface area contributed by atoms with Gasteiger partial charge >= 0.3 is 5.97 Å². The second-order valence-electron chi connectivity index (χ2n) is 5.63. The van der Waals surface area contributed by atoms with Crippen LogP contribution in [0.25, 0.3) is 0 Å². The lowest BCUT2D eigenvalue weighted by atomic mass is 10.2. The maximum absolute atomic E-state index is 12.2. The number of hydrogen-bond donors (Lipinski definition) is 2. The zero-order valence-corrected chi connectivity index (χ0v) is 14.7.